The molecule has 0 aromatic carbocycles. The number of rotatable bonds is 12. The van der Waals surface area contributed by atoms with Gasteiger partial charge < -0.3 is 9.59 Å². The van der Waals surface area contributed by atoms with E-state index in [2.05, 4.69) is 27.7 Å². The van der Waals surface area contributed by atoms with Gasteiger partial charge in [0, 0.05) is 0 Å². The second-order valence-electron chi connectivity index (χ2n) is 7.82. The second-order valence-corrected chi connectivity index (χ2v) is 7.82. The Morgan fingerprint density at radius 2 is 0.773 bits per heavy atom. The molecule has 0 aliphatic carbocycles. The van der Waals surface area contributed by atoms with Gasteiger partial charge in [0.05, 0.1) is 31.8 Å². The monoisotopic (exact) mass is 316 g/mol. The zero-order valence-electron chi connectivity index (χ0n) is 16.9. The van der Waals surface area contributed by atoms with Crippen LogP contribution in [0.1, 0.15) is 99.8 Å². The Hall–Kier alpha value is -0.0800. The Balaban J connectivity index is 0. The average molecular weight is 317 g/mol. The molecule has 0 atom stereocenters. The molecule has 0 spiro atoms. The van der Waals surface area contributed by atoms with Crippen molar-refractivity contribution in [3.05, 3.63) is 0 Å². The van der Waals surface area contributed by atoms with Crippen LogP contribution in [0.15, 0.2) is 0 Å². The van der Waals surface area contributed by atoms with Gasteiger partial charge in [-0.15, -0.1) is 0 Å². The molecule has 0 aliphatic rings. The van der Waals surface area contributed by atoms with Gasteiger partial charge in [-0.2, -0.15) is 0 Å². The van der Waals surface area contributed by atoms with Crippen LogP contribution in [0.4, 0.5) is 0 Å². The molecule has 2 nitrogen and oxygen atoms in total. The van der Waals surface area contributed by atoms with Crippen molar-refractivity contribution < 1.29 is 9.59 Å². The van der Waals surface area contributed by atoms with Gasteiger partial charge in [-0.05, 0) is 46.5 Å². The lowest BCUT2D eigenvalue weighted by Gasteiger charge is -2.39. The number of hydrogen-bond acceptors (Lipinski definition) is 1. The van der Waals surface area contributed by atoms with Gasteiger partial charge in [0.25, 0.3) is 0 Å². The third-order valence-corrected chi connectivity index (χ3v) is 3.94. The minimum Gasteiger partial charge on any atom is -0.391 e. The highest BCUT2D eigenvalue weighted by Crippen LogP contribution is 2.16. The molecule has 0 radical (unpaired) electrons. The number of aliphatic hydroxyl groups is 1. The van der Waals surface area contributed by atoms with Crippen LogP contribution in [0.3, 0.4) is 0 Å². The minimum atomic E-state index is -0.500. The fraction of sp³-hybridized carbons (Fsp3) is 1.00. The third-order valence-electron chi connectivity index (χ3n) is 3.94. The van der Waals surface area contributed by atoms with Crippen LogP contribution in [0.2, 0.25) is 0 Å². The van der Waals surface area contributed by atoms with Gasteiger partial charge >= 0.3 is 0 Å². The van der Waals surface area contributed by atoms with Crippen molar-refractivity contribution in [3.8, 4) is 0 Å². The first-order valence-electron chi connectivity index (χ1n) is 9.82. The molecule has 0 fully saturated rings. The SMILES string of the molecule is CC(C)(C)O.CCCC[N+](CCCC)(CCCC)CCCC. The molecule has 1 N–H and O–H groups in total. The summed E-state index contributed by atoms with van der Waals surface area (Å²) in [6, 6.07) is 0. The van der Waals surface area contributed by atoms with E-state index in [4.69, 9.17) is 5.11 Å². The predicted molar refractivity (Wildman–Crippen MR) is 101 cm³/mol. The maximum Gasteiger partial charge on any atom is 0.0786 e. The van der Waals surface area contributed by atoms with Crippen molar-refractivity contribution >= 4 is 0 Å². The molecular formula is C20H46NO+. The van der Waals surface area contributed by atoms with E-state index >= 15 is 0 Å². The summed E-state index contributed by atoms with van der Waals surface area (Å²) in [6.07, 6.45) is 11.1. The molecule has 0 heterocycles. The van der Waals surface area contributed by atoms with Crippen LogP contribution in [0, 0.1) is 0 Å². The summed E-state index contributed by atoms with van der Waals surface area (Å²) in [7, 11) is 0. The largest absolute Gasteiger partial charge is 0.391 e. The third kappa shape index (κ3) is 18.0. The van der Waals surface area contributed by atoms with Gasteiger partial charge in [-0.1, -0.05) is 53.4 Å². The molecule has 0 saturated carbocycles. The number of nitrogens with zero attached hydrogens (tertiary/aromatic N) is 1. The maximum atomic E-state index is 8.52. The maximum absolute atomic E-state index is 8.52. The lowest BCUT2D eigenvalue weighted by Crippen LogP contribution is -2.50. The first kappa shape index (κ1) is 24.2. The molecular weight excluding hydrogens is 270 g/mol. The van der Waals surface area contributed by atoms with E-state index in [-0.39, 0.29) is 0 Å². The molecule has 0 amide bonds. The van der Waals surface area contributed by atoms with E-state index in [9.17, 15) is 0 Å². The van der Waals surface area contributed by atoms with Crippen LogP contribution < -0.4 is 0 Å². The summed E-state index contributed by atoms with van der Waals surface area (Å²) < 4.78 is 1.42. The molecule has 2 heteroatoms. The van der Waals surface area contributed by atoms with E-state index in [1.807, 2.05) is 0 Å². The van der Waals surface area contributed by atoms with Crippen molar-refractivity contribution in [3.63, 3.8) is 0 Å². The molecule has 0 rings (SSSR count). The molecule has 0 saturated heterocycles. The van der Waals surface area contributed by atoms with Gasteiger partial charge in [0.1, 0.15) is 0 Å². The Morgan fingerprint density at radius 3 is 0.909 bits per heavy atom. The van der Waals surface area contributed by atoms with Crippen molar-refractivity contribution in [2.45, 2.75) is 105 Å². The Morgan fingerprint density at radius 1 is 0.591 bits per heavy atom. The molecule has 0 aliphatic heterocycles. The number of unbranched alkanes of at least 4 members (excludes halogenated alkanes) is 4. The van der Waals surface area contributed by atoms with Gasteiger partial charge in [0.15, 0.2) is 0 Å². The van der Waals surface area contributed by atoms with E-state index in [0.717, 1.165) is 0 Å². The predicted octanol–water partition coefficient (Wildman–Crippen LogP) is 5.78. The molecule has 0 aromatic heterocycles. The van der Waals surface area contributed by atoms with Gasteiger partial charge in [0.2, 0.25) is 0 Å². The van der Waals surface area contributed by atoms with Gasteiger partial charge in [-0.25, -0.2) is 0 Å². The fourth-order valence-corrected chi connectivity index (χ4v) is 2.64. The highest BCUT2D eigenvalue weighted by molar-refractivity contribution is 4.51. The highest BCUT2D eigenvalue weighted by atomic mass is 16.3. The van der Waals surface area contributed by atoms with Crippen molar-refractivity contribution in [1.29, 1.82) is 0 Å². The topological polar surface area (TPSA) is 20.2 Å². The average Bonchev–Trinajstić information content (AvgIpc) is 2.44. The van der Waals surface area contributed by atoms with E-state index in [1.165, 1.54) is 82.0 Å². The van der Waals surface area contributed by atoms with Crippen molar-refractivity contribution in [2.24, 2.45) is 0 Å². The highest BCUT2D eigenvalue weighted by Gasteiger charge is 2.24. The zero-order chi connectivity index (χ0) is 17.5. The molecule has 0 bridgehead atoms. The van der Waals surface area contributed by atoms with Crippen LogP contribution in [0.25, 0.3) is 0 Å². The summed E-state index contributed by atoms with van der Waals surface area (Å²) in [4.78, 5) is 0. The van der Waals surface area contributed by atoms with Gasteiger partial charge in [-0.3, -0.25) is 0 Å². The number of hydrogen-bond donors (Lipinski definition) is 1. The molecule has 0 unspecified atom stereocenters. The summed E-state index contributed by atoms with van der Waals surface area (Å²) in [5.41, 5.74) is -0.500. The summed E-state index contributed by atoms with van der Waals surface area (Å²) in [5, 5.41) is 8.52. The van der Waals surface area contributed by atoms with E-state index in [1.54, 1.807) is 20.8 Å². The zero-order valence-corrected chi connectivity index (χ0v) is 16.9. The van der Waals surface area contributed by atoms with Crippen LogP contribution in [0.5, 0.6) is 0 Å². The molecule has 136 valence electrons. The normalized spacial score (nSPS) is 12.0. The molecule has 22 heavy (non-hydrogen) atoms. The molecule has 0 aromatic rings. The minimum absolute atomic E-state index is 0.500. The summed E-state index contributed by atoms with van der Waals surface area (Å²) in [6.45, 7) is 20.2. The van der Waals surface area contributed by atoms with Crippen LogP contribution in [-0.4, -0.2) is 41.4 Å². The quantitative estimate of drug-likeness (QED) is 0.452. The Bertz CT molecular complexity index is 177. The first-order valence-corrected chi connectivity index (χ1v) is 9.82. The van der Waals surface area contributed by atoms with Crippen molar-refractivity contribution in [1.82, 2.24) is 0 Å². The van der Waals surface area contributed by atoms with Crippen LogP contribution in [-0.2, 0) is 0 Å². The fourth-order valence-electron chi connectivity index (χ4n) is 2.64. The standard InChI is InChI=1S/C16H36N.C4H10O/c1-5-9-13-17(14-10-6-2,15-11-7-3)16-12-8-4;1-4(2,3)5/h5-16H2,1-4H3;5H,1-3H3/q+1;. The Labute approximate surface area is 141 Å². The smallest absolute Gasteiger partial charge is 0.0786 e. The lowest BCUT2D eigenvalue weighted by molar-refractivity contribution is -0.929. The first-order chi connectivity index (χ1) is 10.2. The summed E-state index contributed by atoms with van der Waals surface area (Å²) >= 11 is 0. The van der Waals surface area contributed by atoms with Crippen molar-refractivity contribution in [2.75, 3.05) is 26.2 Å². The van der Waals surface area contributed by atoms with Crippen LogP contribution >= 0.6 is 0 Å². The van der Waals surface area contributed by atoms with E-state index in [0.29, 0.717) is 0 Å². The Kier molecular flexibility index (Phi) is 15.9. The summed E-state index contributed by atoms with van der Waals surface area (Å²) in [5.74, 6) is 0. The second kappa shape index (κ2) is 14.5. The lowest BCUT2D eigenvalue weighted by atomic mass is 10.1. The van der Waals surface area contributed by atoms with E-state index < -0.39 is 5.60 Å². The number of quaternary nitrogens is 1.